The molecule has 1 amide bonds. The number of methoxy groups -OCH3 is 2. The van der Waals surface area contributed by atoms with E-state index in [-0.39, 0.29) is 45.5 Å². The number of carbonyl (C=O) groups excluding carboxylic acids is 3. The number of nitrogens with one attached hydrogen (secondary N) is 1. The second kappa shape index (κ2) is 34.6. The monoisotopic (exact) mass is 862 g/mol. The lowest BCUT2D eigenvalue weighted by Gasteiger charge is -2.18. The molecule has 3 N–H and O–H groups in total. The Bertz CT molecular complexity index is 1580. The molecule has 22 heteroatoms. The van der Waals surface area contributed by atoms with E-state index < -0.39 is 30.1 Å². The van der Waals surface area contributed by atoms with Crippen LogP contribution in [0.3, 0.4) is 0 Å². The molecule has 0 aliphatic heterocycles. The number of hydrogen-bond acceptors (Lipinski definition) is 17. The van der Waals surface area contributed by atoms with Crippen molar-refractivity contribution in [2.45, 2.75) is 18.0 Å². The van der Waals surface area contributed by atoms with Gasteiger partial charge in [-0.3, -0.25) is 4.79 Å². The number of fused-ring (bicyclic) bond motifs is 3. The third-order valence-corrected chi connectivity index (χ3v) is 8.24. The molecular formula is C39H58N8O14. The third kappa shape index (κ3) is 22.9. The fourth-order valence-corrected chi connectivity index (χ4v) is 5.34. The minimum absolute atomic E-state index is 0.0891. The largest absolute Gasteiger partial charge is 0.468 e. The molecular weight excluding hydrogens is 804 g/mol. The Hall–Kier alpha value is -5.09. The first-order chi connectivity index (χ1) is 29.9. The average Bonchev–Trinajstić information content (AvgIpc) is 3.60. The number of amides is 1. The van der Waals surface area contributed by atoms with Crippen LogP contribution in [-0.4, -0.2) is 170 Å². The average molecular weight is 863 g/mol. The zero-order chi connectivity index (χ0) is 44.2. The van der Waals surface area contributed by atoms with E-state index in [0.717, 1.165) is 22.3 Å². The molecule has 0 radical (unpaired) electrons. The van der Waals surface area contributed by atoms with Gasteiger partial charge in [-0.1, -0.05) is 58.8 Å². The Morgan fingerprint density at radius 2 is 1.00 bits per heavy atom. The molecule has 0 heterocycles. The number of carbonyl (C=O) groups is 3. The number of azide groups is 2. The van der Waals surface area contributed by atoms with Crippen LogP contribution in [0.1, 0.15) is 17.0 Å². The second-order valence-corrected chi connectivity index (χ2v) is 12.4. The van der Waals surface area contributed by atoms with Crippen LogP contribution in [0, 0.1) is 0 Å². The number of esters is 2. The van der Waals surface area contributed by atoms with Gasteiger partial charge in [0.1, 0.15) is 12.6 Å². The van der Waals surface area contributed by atoms with E-state index in [1.807, 2.05) is 36.4 Å². The molecule has 0 bridgehead atoms. The maximum atomic E-state index is 12.5. The van der Waals surface area contributed by atoms with Crippen LogP contribution in [0.25, 0.3) is 32.0 Å². The number of benzene rings is 2. The van der Waals surface area contributed by atoms with Gasteiger partial charge in [-0.05, 0) is 33.3 Å². The summed E-state index contributed by atoms with van der Waals surface area (Å²) in [5, 5.41) is 9.22. The molecule has 2 aromatic carbocycles. The first kappa shape index (κ1) is 52.0. The van der Waals surface area contributed by atoms with Crippen molar-refractivity contribution < 1.29 is 66.5 Å². The van der Waals surface area contributed by atoms with Gasteiger partial charge in [0.05, 0.1) is 120 Å². The molecule has 0 unspecified atom stereocenters. The van der Waals surface area contributed by atoms with Crippen molar-refractivity contribution in [3.8, 4) is 11.1 Å². The summed E-state index contributed by atoms with van der Waals surface area (Å²) in [5.74, 6) is -1.23. The number of hydrogen-bond donors (Lipinski definition) is 2. The van der Waals surface area contributed by atoms with Crippen LogP contribution in [-0.2, 0) is 61.7 Å². The highest BCUT2D eigenvalue weighted by Crippen LogP contribution is 2.44. The predicted molar refractivity (Wildman–Crippen MR) is 219 cm³/mol. The summed E-state index contributed by atoms with van der Waals surface area (Å²) in [5.41, 5.74) is 26.1. The minimum atomic E-state index is -1.02. The Morgan fingerprint density at radius 1 is 0.607 bits per heavy atom. The van der Waals surface area contributed by atoms with E-state index in [1.54, 1.807) is 0 Å². The predicted octanol–water partition coefficient (Wildman–Crippen LogP) is 3.31. The summed E-state index contributed by atoms with van der Waals surface area (Å²) in [6.07, 6.45) is -0.731. The van der Waals surface area contributed by atoms with E-state index >= 15 is 0 Å². The van der Waals surface area contributed by atoms with Gasteiger partial charge in [0, 0.05) is 28.8 Å². The SMILES string of the molecule is COC(=O)[C@@H](N)COCCOCCOCCOCCN=[N+]=[N-].COC(=O)[C@H](COCCOCCOCCOCCN=[N+]=[N-])NC(=O)OCC1c2ccccc2-c2ccccc21. The Kier molecular flexibility index (Phi) is 29.5. The fourth-order valence-electron chi connectivity index (χ4n) is 5.34. The summed E-state index contributed by atoms with van der Waals surface area (Å²) >= 11 is 0. The molecule has 0 saturated heterocycles. The van der Waals surface area contributed by atoms with E-state index in [9.17, 15) is 14.4 Å². The lowest BCUT2D eigenvalue weighted by molar-refractivity contribution is -0.145. The minimum Gasteiger partial charge on any atom is -0.468 e. The summed E-state index contributed by atoms with van der Waals surface area (Å²) in [7, 11) is 2.51. The van der Waals surface area contributed by atoms with E-state index in [0.29, 0.717) is 85.8 Å². The molecule has 61 heavy (non-hydrogen) atoms. The van der Waals surface area contributed by atoms with Crippen molar-refractivity contribution in [1.82, 2.24) is 5.32 Å². The molecule has 1 aliphatic rings. The molecule has 0 saturated carbocycles. The lowest BCUT2D eigenvalue weighted by atomic mass is 9.98. The van der Waals surface area contributed by atoms with Crippen molar-refractivity contribution in [2.24, 2.45) is 16.0 Å². The summed E-state index contributed by atoms with van der Waals surface area (Å²) in [4.78, 5) is 40.9. The van der Waals surface area contributed by atoms with Crippen molar-refractivity contribution in [1.29, 1.82) is 0 Å². The van der Waals surface area contributed by atoms with Crippen LogP contribution >= 0.6 is 0 Å². The quantitative estimate of drug-likeness (QED) is 0.0260. The smallest absolute Gasteiger partial charge is 0.407 e. The van der Waals surface area contributed by atoms with Crippen LogP contribution in [0.2, 0.25) is 0 Å². The Labute approximate surface area is 354 Å². The van der Waals surface area contributed by atoms with Gasteiger partial charge in [-0.25, -0.2) is 9.59 Å². The van der Waals surface area contributed by atoms with Crippen molar-refractivity contribution in [3.63, 3.8) is 0 Å². The van der Waals surface area contributed by atoms with Gasteiger partial charge in [0.2, 0.25) is 0 Å². The van der Waals surface area contributed by atoms with Gasteiger partial charge in [-0.2, -0.15) is 0 Å². The molecule has 338 valence electrons. The van der Waals surface area contributed by atoms with Crippen LogP contribution in [0.5, 0.6) is 0 Å². The van der Waals surface area contributed by atoms with E-state index in [2.05, 4.69) is 42.2 Å². The molecule has 2 aromatic rings. The highest BCUT2D eigenvalue weighted by Gasteiger charge is 2.30. The Morgan fingerprint density at radius 3 is 1.43 bits per heavy atom. The number of ether oxygens (including phenoxy) is 11. The lowest BCUT2D eigenvalue weighted by Crippen LogP contribution is -2.45. The first-order valence-electron chi connectivity index (χ1n) is 19.5. The maximum Gasteiger partial charge on any atom is 0.407 e. The highest BCUT2D eigenvalue weighted by atomic mass is 16.6. The van der Waals surface area contributed by atoms with Gasteiger partial charge in [-0.15, -0.1) is 0 Å². The summed E-state index contributed by atoms with van der Waals surface area (Å²) < 4.78 is 57.1. The fraction of sp³-hybridized carbons (Fsp3) is 0.615. The molecule has 22 nitrogen and oxygen atoms in total. The Balaban J connectivity index is 0.000000496. The number of alkyl carbamates (subject to hydrolysis) is 1. The normalized spacial score (nSPS) is 12.3. The third-order valence-electron chi connectivity index (χ3n) is 8.24. The number of nitrogens with zero attached hydrogens (tertiary/aromatic N) is 6. The maximum absolute atomic E-state index is 12.5. The number of nitrogens with two attached hydrogens (primary N) is 1. The van der Waals surface area contributed by atoms with Gasteiger partial charge < -0.3 is 63.2 Å². The van der Waals surface area contributed by atoms with E-state index in [4.69, 9.17) is 64.2 Å². The van der Waals surface area contributed by atoms with Gasteiger partial charge in [0.25, 0.3) is 0 Å². The summed E-state index contributed by atoms with van der Waals surface area (Å²) in [6.45, 7) is 6.01. The zero-order valence-corrected chi connectivity index (χ0v) is 34.8. The molecule has 3 rings (SSSR count). The van der Waals surface area contributed by atoms with Crippen molar-refractivity contribution in [2.75, 3.05) is 140 Å². The molecule has 0 spiro atoms. The van der Waals surface area contributed by atoms with E-state index in [1.165, 1.54) is 14.2 Å². The first-order valence-corrected chi connectivity index (χ1v) is 19.5. The van der Waals surface area contributed by atoms with Crippen LogP contribution in [0.4, 0.5) is 4.79 Å². The van der Waals surface area contributed by atoms with Crippen molar-refractivity contribution >= 4 is 18.0 Å². The molecule has 2 atom stereocenters. The second-order valence-electron chi connectivity index (χ2n) is 12.4. The molecule has 0 fully saturated rings. The molecule has 0 aromatic heterocycles. The topological polar surface area (TPSA) is 288 Å². The van der Waals surface area contributed by atoms with Crippen LogP contribution < -0.4 is 11.1 Å². The molecule has 1 aliphatic carbocycles. The van der Waals surface area contributed by atoms with Crippen LogP contribution in [0.15, 0.2) is 58.8 Å². The van der Waals surface area contributed by atoms with Gasteiger partial charge in [0.15, 0.2) is 6.04 Å². The zero-order valence-electron chi connectivity index (χ0n) is 34.8. The number of rotatable bonds is 33. The van der Waals surface area contributed by atoms with Crippen molar-refractivity contribution in [3.05, 3.63) is 80.5 Å². The highest BCUT2D eigenvalue weighted by molar-refractivity contribution is 5.82. The summed E-state index contributed by atoms with van der Waals surface area (Å²) in [6, 6.07) is 14.3. The van der Waals surface area contributed by atoms with Gasteiger partial charge >= 0.3 is 18.0 Å². The standard InChI is InChI=1S/C27H34N4O8.C12H24N4O6/c1-34-26(32)25(19-38-17-16-37-15-14-36-13-12-35-11-10-29-31-28)30-27(33)39-18-24-22-8-4-2-6-20(22)21-7-3-5-9-23(21)24;1-18-12(17)11(13)10-22-9-8-21-7-6-20-5-4-19-3-2-15-16-14/h2-9,24-25H,10-19H2,1H3,(H,30,33);11H,2-10,13H2,1H3/t25-;11-/m00/s1.